The molecule has 4 nitrogen and oxygen atoms in total. The predicted octanol–water partition coefficient (Wildman–Crippen LogP) is 3.52. The van der Waals surface area contributed by atoms with Crippen LogP contribution in [0, 0.1) is 0 Å². The fraction of sp³-hybridized carbons (Fsp3) is 0.400. The summed E-state index contributed by atoms with van der Waals surface area (Å²) in [6.07, 6.45) is 0.973. The van der Waals surface area contributed by atoms with Gasteiger partial charge in [-0.15, -0.1) is 0 Å². The van der Waals surface area contributed by atoms with E-state index >= 15 is 0 Å². The Labute approximate surface area is 154 Å². The van der Waals surface area contributed by atoms with Gasteiger partial charge in [-0.1, -0.05) is 23.7 Å². The molecule has 0 aliphatic carbocycles. The van der Waals surface area contributed by atoms with Gasteiger partial charge in [-0.2, -0.15) is 0 Å². The topological polar surface area (TPSA) is 33.7 Å². The summed E-state index contributed by atoms with van der Waals surface area (Å²) in [7, 11) is 5.76. The van der Waals surface area contributed by atoms with E-state index in [-0.39, 0.29) is 6.04 Å². The number of nitrogens with one attached hydrogen (secondary N) is 1. The second-order valence-corrected chi connectivity index (χ2v) is 6.98. The minimum Gasteiger partial charge on any atom is -0.493 e. The lowest BCUT2D eigenvalue weighted by atomic mass is 9.89. The molecule has 0 saturated carbocycles. The highest BCUT2D eigenvalue weighted by atomic mass is 35.5. The molecule has 1 N–H and O–H groups in total. The number of methoxy groups -OCH3 is 1. The number of halogens is 1. The van der Waals surface area contributed by atoms with E-state index in [1.54, 1.807) is 7.11 Å². The molecule has 5 heteroatoms. The van der Waals surface area contributed by atoms with Crippen molar-refractivity contribution in [1.29, 1.82) is 0 Å². The van der Waals surface area contributed by atoms with Gasteiger partial charge >= 0.3 is 0 Å². The van der Waals surface area contributed by atoms with Crippen LogP contribution < -0.4 is 14.8 Å². The largest absolute Gasteiger partial charge is 0.493 e. The van der Waals surface area contributed by atoms with Gasteiger partial charge in [-0.3, -0.25) is 0 Å². The van der Waals surface area contributed by atoms with Gasteiger partial charge in [-0.25, -0.2) is 0 Å². The third-order valence-electron chi connectivity index (χ3n) is 4.46. The first kappa shape index (κ1) is 18.1. The molecule has 0 radical (unpaired) electrons. The van der Waals surface area contributed by atoms with E-state index in [1.807, 2.05) is 32.3 Å². The normalized spacial score (nSPS) is 16.6. The maximum absolute atomic E-state index is 6.19. The summed E-state index contributed by atoms with van der Waals surface area (Å²) in [5, 5.41) is 4.35. The molecule has 1 unspecified atom stereocenters. The molecule has 0 fully saturated rings. The van der Waals surface area contributed by atoms with E-state index < -0.39 is 0 Å². The molecule has 1 heterocycles. The van der Waals surface area contributed by atoms with E-state index in [4.69, 9.17) is 21.1 Å². The number of nitrogens with zero attached hydrogens (tertiary/aromatic N) is 1. The highest BCUT2D eigenvalue weighted by Gasteiger charge is 2.24. The molecule has 25 heavy (non-hydrogen) atoms. The molecular formula is C20H25ClN2O2. The van der Waals surface area contributed by atoms with Gasteiger partial charge in [0, 0.05) is 18.1 Å². The second-order valence-electron chi connectivity index (χ2n) is 6.55. The minimum atomic E-state index is 0.115. The van der Waals surface area contributed by atoms with E-state index in [0.717, 1.165) is 41.6 Å². The third-order valence-corrected chi connectivity index (χ3v) is 4.69. The van der Waals surface area contributed by atoms with Crippen LogP contribution in [0.5, 0.6) is 11.5 Å². The van der Waals surface area contributed by atoms with Crippen molar-refractivity contribution in [2.24, 2.45) is 0 Å². The van der Waals surface area contributed by atoms with Crippen molar-refractivity contribution in [1.82, 2.24) is 10.2 Å². The van der Waals surface area contributed by atoms with Crippen LogP contribution >= 0.6 is 11.6 Å². The number of hydrogen-bond donors (Lipinski definition) is 1. The van der Waals surface area contributed by atoms with Crippen LogP contribution in [0.2, 0.25) is 5.02 Å². The van der Waals surface area contributed by atoms with Crippen LogP contribution in [0.3, 0.4) is 0 Å². The number of likely N-dealkylation sites (N-methyl/N-ethyl adjacent to an activating group) is 1. The van der Waals surface area contributed by atoms with Crippen molar-refractivity contribution >= 4 is 11.6 Å². The molecule has 2 aromatic carbocycles. The maximum atomic E-state index is 6.19. The smallest absolute Gasteiger partial charge is 0.161 e. The summed E-state index contributed by atoms with van der Waals surface area (Å²) < 4.78 is 11.5. The fourth-order valence-electron chi connectivity index (χ4n) is 3.16. The lowest BCUT2D eigenvalue weighted by Gasteiger charge is -2.29. The molecule has 0 bridgehead atoms. The first-order chi connectivity index (χ1) is 12.1. The predicted molar refractivity (Wildman–Crippen MR) is 102 cm³/mol. The first-order valence-corrected chi connectivity index (χ1v) is 8.93. The molecular weight excluding hydrogens is 336 g/mol. The standard InChI is InChI=1S/C20H25ClN2O2/c1-23(2)9-10-25-19-13-17-14(12-18(19)24-3)7-8-22-20(17)15-5-4-6-16(21)11-15/h4-6,11-13,20,22H,7-10H2,1-3H3. The number of benzene rings is 2. The van der Waals surface area contributed by atoms with Crippen LogP contribution in [0.25, 0.3) is 0 Å². The van der Waals surface area contributed by atoms with Gasteiger partial charge in [-0.05, 0) is 61.5 Å². The van der Waals surface area contributed by atoms with Crippen molar-refractivity contribution in [3.05, 3.63) is 58.1 Å². The summed E-state index contributed by atoms with van der Waals surface area (Å²) in [5.74, 6) is 1.59. The fourth-order valence-corrected chi connectivity index (χ4v) is 3.36. The Hall–Kier alpha value is -1.75. The average Bonchev–Trinajstić information content (AvgIpc) is 2.60. The summed E-state index contributed by atoms with van der Waals surface area (Å²) in [4.78, 5) is 2.10. The minimum absolute atomic E-state index is 0.115. The van der Waals surface area contributed by atoms with Gasteiger partial charge in [0.2, 0.25) is 0 Å². The van der Waals surface area contributed by atoms with Crippen LogP contribution in [0.15, 0.2) is 36.4 Å². The number of hydrogen-bond acceptors (Lipinski definition) is 4. The second kappa shape index (κ2) is 8.09. The lowest BCUT2D eigenvalue weighted by molar-refractivity contribution is 0.250. The quantitative estimate of drug-likeness (QED) is 0.854. The van der Waals surface area contributed by atoms with Crippen LogP contribution in [-0.2, 0) is 6.42 Å². The van der Waals surface area contributed by atoms with E-state index in [2.05, 4.69) is 28.4 Å². The van der Waals surface area contributed by atoms with Crippen LogP contribution in [0.4, 0.5) is 0 Å². The van der Waals surface area contributed by atoms with E-state index in [1.165, 1.54) is 11.1 Å². The molecule has 0 aromatic heterocycles. The molecule has 0 saturated heterocycles. The Morgan fingerprint density at radius 1 is 1.20 bits per heavy atom. The third kappa shape index (κ3) is 4.27. The van der Waals surface area contributed by atoms with Gasteiger partial charge in [0.25, 0.3) is 0 Å². The van der Waals surface area contributed by atoms with Crippen LogP contribution in [0.1, 0.15) is 22.7 Å². The highest BCUT2D eigenvalue weighted by Crippen LogP contribution is 2.37. The summed E-state index contributed by atoms with van der Waals surface area (Å²) in [6.45, 7) is 2.40. The zero-order chi connectivity index (χ0) is 17.8. The molecule has 0 spiro atoms. The highest BCUT2D eigenvalue weighted by molar-refractivity contribution is 6.30. The summed E-state index contributed by atoms with van der Waals surface area (Å²) in [6, 6.07) is 12.4. The van der Waals surface area contributed by atoms with Crippen molar-refractivity contribution in [2.75, 3.05) is 40.9 Å². The molecule has 0 amide bonds. The molecule has 3 rings (SSSR count). The Morgan fingerprint density at radius 2 is 2.04 bits per heavy atom. The molecule has 134 valence electrons. The van der Waals surface area contributed by atoms with Crippen molar-refractivity contribution in [2.45, 2.75) is 12.5 Å². The molecule has 2 aromatic rings. The number of ether oxygens (including phenoxy) is 2. The van der Waals surface area contributed by atoms with Crippen molar-refractivity contribution in [3.8, 4) is 11.5 Å². The van der Waals surface area contributed by atoms with Gasteiger partial charge < -0.3 is 19.7 Å². The van der Waals surface area contributed by atoms with E-state index in [0.29, 0.717) is 6.61 Å². The molecule has 1 aliphatic rings. The summed E-state index contributed by atoms with van der Waals surface area (Å²) >= 11 is 6.19. The number of rotatable bonds is 6. The van der Waals surface area contributed by atoms with Crippen molar-refractivity contribution in [3.63, 3.8) is 0 Å². The van der Waals surface area contributed by atoms with Crippen molar-refractivity contribution < 1.29 is 9.47 Å². The molecule has 1 aliphatic heterocycles. The van der Waals surface area contributed by atoms with Gasteiger partial charge in [0.05, 0.1) is 13.2 Å². The van der Waals surface area contributed by atoms with Crippen LogP contribution in [-0.4, -0.2) is 45.8 Å². The average molecular weight is 361 g/mol. The Bertz CT molecular complexity index is 734. The molecule has 1 atom stereocenters. The van der Waals surface area contributed by atoms with Gasteiger partial charge in [0.15, 0.2) is 11.5 Å². The Balaban J connectivity index is 1.94. The summed E-state index contributed by atoms with van der Waals surface area (Å²) in [5.41, 5.74) is 3.69. The zero-order valence-electron chi connectivity index (χ0n) is 15.0. The Kier molecular flexibility index (Phi) is 5.84. The maximum Gasteiger partial charge on any atom is 0.161 e. The SMILES string of the molecule is COc1cc2c(cc1OCCN(C)C)C(c1cccc(Cl)c1)NCC2. The Morgan fingerprint density at radius 3 is 2.76 bits per heavy atom. The van der Waals surface area contributed by atoms with Gasteiger partial charge in [0.1, 0.15) is 6.61 Å². The lowest BCUT2D eigenvalue weighted by Crippen LogP contribution is -2.30. The first-order valence-electron chi connectivity index (χ1n) is 8.55. The zero-order valence-corrected chi connectivity index (χ0v) is 15.8. The monoisotopic (exact) mass is 360 g/mol. The number of fused-ring (bicyclic) bond motifs is 1. The van der Waals surface area contributed by atoms with E-state index in [9.17, 15) is 0 Å².